The Bertz CT molecular complexity index is 726. The van der Waals surface area contributed by atoms with Crippen LogP contribution in [0.15, 0.2) is 35.8 Å². The Balaban J connectivity index is 2.12. The van der Waals surface area contributed by atoms with Crippen molar-refractivity contribution in [3.8, 4) is 5.75 Å². The van der Waals surface area contributed by atoms with Gasteiger partial charge in [-0.1, -0.05) is 32.0 Å². The second-order valence-corrected chi connectivity index (χ2v) is 6.99. The van der Waals surface area contributed by atoms with Gasteiger partial charge in [-0.15, -0.1) is 0 Å². The van der Waals surface area contributed by atoms with Crippen LogP contribution in [0.4, 0.5) is 0 Å². The van der Waals surface area contributed by atoms with Crippen LogP contribution < -0.4 is 10.1 Å². The summed E-state index contributed by atoms with van der Waals surface area (Å²) in [5, 5.41) is 14.9. The van der Waals surface area contributed by atoms with E-state index in [-0.39, 0.29) is 28.4 Å². The molecule has 7 nitrogen and oxygen atoms in total. The van der Waals surface area contributed by atoms with Crippen LogP contribution in [0.3, 0.4) is 0 Å². The van der Waals surface area contributed by atoms with Crippen LogP contribution in [0.25, 0.3) is 0 Å². The molecule has 0 saturated carbocycles. The average molecular weight is 331 g/mol. The molecule has 7 heteroatoms. The van der Waals surface area contributed by atoms with E-state index in [1.54, 1.807) is 24.3 Å². The molecule has 0 spiro atoms. The molecule has 1 aromatic rings. The van der Waals surface area contributed by atoms with E-state index in [1.807, 2.05) is 13.8 Å². The number of nitro groups is 1. The number of nitrogens with zero attached hydrogens (tertiary/aromatic N) is 2. The smallest absolute Gasteiger partial charge is 0.294 e. The summed E-state index contributed by atoms with van der Waals surface area (Å²) in [5.41, 5.74) is 0.575. The minimum absolute atomic E-state index is 0.0367. The molecule has 0 radical (unpaired) electrons. The van der Waals surface area contributed by atoms with E-state index in [4.69, 9.17) is 4.74 Å². The molecule has 2 aliphatic rings. The quantitative estimate of drug-likeness (QED) is 0.677. The summed E-state index contributed by atoms with van der Waals surface area (Å²) in [7, 11) is 1.52. The largest absolute Gasteiger partial charge is 0.496 e. The van der Waals surface area contributed by atoms with Crippen LogP contribution in [0, 0.1) is 15.5 Å². The normalized spacial score (nSPS) is 22.7. The van der Waals surface area contributed by atoms with Gasteiger partial charge in [-0.05, 0) is 6.07 Å². The molecule has 128 valence electrons. The van der Waals surface area contributed by atoms with Gasteiger partial charge in [0, 0.05) is 30.5 Å². The summed E-state index contributed by atoms with van der Waals surface area (Å²) in [6.07, 6.45) is 0.0674. The topological polar surface area (TPSA) is 84.7 Å². The minimum Gasteiger partial charge on any atom is -0.496 e. The van der Waals surface area contributed by atoms with E-state index in [9.17, 15) is 14.9 Å². The first-order chi connectivity index (χ1) is 11.3. The van der Waals surface area contributed by atoms with Crippen LogP contribution >= 0.6 is 0 Å². The molecule has 2 aliphatic heterocycles. The fraction of sp³-hybridized carbons (Fsp3) is 0.471. The molecular weight excluding hydrogens is 310 g/mol. The summed E-state index contributed by atoms with van der Waals surface area (Å²) in [5.74, 6) is 0.154. The maximum atomic E-state index is 12.7. The number of fused-ring (bicyclic) bond motifs is 1. The van der Waals surface area contributed by atoms with E-state index in [0.29, 0.717) is 30.2 Å². The number of hydrogen-bond donors (Lipinski definition) is 1. The second-order valence-electron chi connectivity index (χ2n) is 6.99. The van der Waals surface area contributed by atoms with E-state index in [1.165, 1.54) is 12.0 Å². The predicted octanol–water partition coefficient (Wildman–Crippen LogP) is 2.09. The zero-order valence-electron chi connectivity index (χ0n) is 14.0. The summed E-state index contributed by atoms with van der Waals surface area (Å²) < 4.78 is 5.34. The van der Waals surface area contributed by atoms with Gasteiger partial charge in [-0.3, -0.25) is 19.8 Å². The second kappa shape index (κ2) is 5.81. The van der Waals surface area contributed by atoms with Gasteiger partial charge in [0.05, 0.1) is 18.0 Å². The third kappa shape index (κ3) is 2.70. The lowest BCUT2D eigenvalue weighted by molar-refractivity contribution is -0.434. The van der Waals surface area contributed by atoms with Gasteiger partial charge in [-0.2, -0.15) is 0 Å². The molecule has 24 heavy (non-hydrogen) atoms. The summed E-state index contributed by atoms with van der Waals surface area (Å²) in [6, 6.07) is 7.14. The van der Waals surface area contributed by atoms with E-state index < -0.39 is 5.92 Å². The van der Waals surface area contributed by atoms with Crippen molar-refractivity contribution in [3.05, 3.63) is 51.5 Å². The minimum atomic E-state index is -0.622. The fourth-order valence-electron chi connectivity index (χ4n) is 3.39. The molecule has 2 heterocycles. The standard InChI is InChI=1S/C17H21N3O4/c1-17(2)9-18-16-15(20(22)23)12(8-14(21)19(16)10-17)11-6-4-5-7-13(11)24-3/h4-7,12,18H,8-10H2,1-3H3. The zero-order chi connectivity index (χ0) is 17.5. The zero-order valence-corrected chi connectivity index (χ0v) is 14.0. The monoisotopic (exact) mass is 331 g/mol. The first-order valence-electron chi connectivity index (χ1n) is 7.90. The first-order valence-corrected chi connectivity index (χ1v) is 7.90. The highest BCUT2D eigenvalue weighted by Gasteiger charge is 2.46. The molecule has 0 aliphatic carbocycles. The molecular formula is C17H21N3O4. The van der Waals surface area contributed by atoms with Gasteiger partial charge in [0.1, 0.15) is 5.75 Å². The van der Waals surface area contributed by atoms with Gasteiger partial charge < -0.3 is 10.1 Å². The Hall–Kier alpha value is -2.57. The molecule has 1 N–H and O–H groups in total. The number of para-hydroxylation sites is 1. The Kier molecular flexibility index (Phi) is 3.95. The number of ether oxygens (including phenoxy) is 1. The van der Waals surface area contributed by atoms with E-state index >= 15 is 0 Å². The Morgan fingerprint density at radius 3 is 2.75 bits per heavy atom. The molecule has 1 atom stereocenters. The van der Waals surface area contributed by atoms with Crippen molar-refractivity contribution in [2.24, 2.45) is 5.41 Å². The number of amides is 1. The fourth-order valence-corrected chi connectivity index (χ4v) is 3.39. The molecule has 1 aromatic carbocycles. The van der Waals surface area contributed by atoms with Crippen molar-refractivity contribution in [2.75, 3.05) is 20.2 Å². The summed E-state index contributed by atoms with van der Waals surface area (Å²) in [4.78, 5) is 25.6. The third-order valence-electron chi connectivity index (χ3n) is 4.55. The predicted molar refractivity (Wildman–Crippen MR) is 87.9 cm³/mol. The number of methoxy groups -OCH3 is 1. The van der Waals surface area contributed by atoms with Crippen molar-refractivity contribution >= 4 is 5.91 Å². The van der Waals surface area contributed by atoms with Crippen molar-refractivity contribution in [2.45, 2.75) is 26.2 Å². The number of nitrogens with one attached hydrogen (secondary N) is 1. The highest BCUT2D eigenvalue weighted by Crippen LogP contribution is 2.41. The number of carbonyl (C=O) groups is 1. The van der Waals surface area contributed by atoms with Gasteiger partial charge in [0.15, 0.2) is 5.82 Å². The van der Waals surface area contributed by atoms with E-state index in [2.05, 4.69) is 5.32 Å². The number of rotatable bonds is 3. The number of benzene rings is 1. The molecule has 1 fully saturated rings. The van der Waals surface area contributed by atoms with Gasteiger partial charge in [0.25, 0.3) is 5.70 Å². The van der Waals surface area contributed by atoms with Crippen molar-refractivity contribution in [1.82, 2.24) is 10.2 Å². The van der Waals surface area contributed by atoms with Gasteiger partial charge >= 0.3 is 0 Å². The highest BCUT2D eigenvalue weighted by atomic mass is 16.6. The summed E-state index contributed by atoms with van der Waals surface area (Å²) >= 11 is 0. The lowest BCUT2D eigenvalue weighted by Gasteiger charge is -2.42. The lowest BCUT2D eigenvalue weighted by Crippen LogP contribution is -2.55. The Labute approximate surface area is 140 Å². The molecule has 0 aromatic heterocycles. The third-order valence-corrected chi connectivity index (χ3v) is 4.55. The van der Waals surface area contributed by atoms with Crippen LogP contribution in [0.5, 0.6) is 5.75 Å². The first kappa shape index (κ1) is 16.3. The SMILES string of the molecule is COc1ccccc1C1CC(=O)N2CC(C)(C)CNC2=C1[N+](=O)[O-]. The molecule has 1 saturated heterocycles. The van der Waals surface area contributed by atoms with Crippen molar-refractivity contribution in [1.29, 1.82) is 0 Å². The highest BCUT2D eigenvalue weighted by molar-refractivity contribution is 5.81. The average Bonchev–Trinajstić information content (AvgIpc) is 2.54. The van der Waals surface area contributed by atoms with Gasteiger partial charge in [-0.25, -0.2) is 0 Å². The van der Waals surface area contributed by atoms with Gasteiger partial charge in [0.2, 0.25) is 5.91 Å². The van der Waals surface area contributed by atoms with Crippen LogP contribution in [-0.2, 0) is 4.79 Å². The van der Waals surface area contributed by atoms with E-state index in [0.717, 1.165) is 0 Å². The van der Waals surface area contributed by atoms with Crippen molar-refractivity contribution < 1.29 is 14.5 Å². The lowest BCUT2D eigenvalue weighted by atomic mass is 9.84. The molecule has 0 bridgehead atoms. The maximum absolute atomic E-state index is 12.7. The molecule has 1 unspecified atom stereocenters. The van der Waals surface area contributed by atoms with Crippen LogP contribution in [0.1, 0.15) is 31.7 Å². The van der Waals surface area contributed by atoms with Crippen molar-refractivity contribution in [3.63, 3.8) is 0 Å². The summed E-state index contributed by atoms with van der Waals surface area (Å²) in [6.45, 7) is 5.12. The van der Waals surface area contributed by atoms with Crippen LogP contribution in [-0.4, -0.2) is 35.9 Å². The number of carbonyl (C=O) groups excluding carboxylic acids is 1. The van der Waals surface area contributed by atoms with Crippen LogP contribution in [0.2, 0.25) is 0 Å². The maximum Gasteiger partial charge on any atom is 0.294 e. The Morgan fingerprint density at radius 2 is 2.08 bits per heavy atom. The number of allylic oxidation sites excluding steroid dienone is 1. The molecule has 3 rings (SSSR count). The molecule has 1 amide bonds. The number of hydrogen-bond acceptors (Lipinski definition) is 5. The Morgan fingerprint density at radius 1 is 1.38 bits per heavy atom.